The van der Waals surface area contributed by atoms with Gasteiger partial charge in [-0.1, -0.05) is 24.6 Å². The predicted molar refractivity (Wildman–Crippen MR) is 77.8 cm³/mol. The summed E-state index contributed by atoms with van der Waals surface area (Å²) in [7, 11) is 0. The molecule has 3 atom stereocenters. The number of benzene rings is 1. The summed E-state index contributed by atoms with van der Waals surface area (Å²) in [6, 6.07) is 5.58. The molecule has 2 nitrogen and oxygen atoms in total. The molecular formula is C15H22ClFN2. The van der Waals surface area contributed by atoms with E-state index in [2.05, 4.69) is 18.7 Å². The molecule has 0 amide bonds. The highest BCUT2D eigenvalue weighted by molar-refractivity contribution is 6.30. The van der Waals surface area contributed by atoms with Crippen molar-refractivity contribution >= 4 is 11.6 Å². The summed E-state index contributed by atoms with van der Waals surface area (Å²) in [4.78, 5) is 2.40. The fourth-order valence-corrected chi connectivity index (χ4v) is 3.06. The van der Waals surface area contributed by atoms with E-state index in [0.717, 1.165) is 12.1 Å². The SMILES string of the molecule is CC1CCC(C)N(C(CN)c2ccc(Cl)c(F)c2)C1. The lowest BCUT2D eigenvalue weighted by atomic mass is 9.91. The van der Waals surface area contributed by atoms with Crippen molar-refractivity contribution in [3.8, 4) is 0 Å². The van der Waals surface area contributed by atoms with Gasteiger partial charge in [-0.3, -0.25) is 4.90 Å². The summed E-state index contributed by atoms with van der Waals surface area (Å²) in [5, 5.41) is 0.166. The van der Waals surface area contributed by atoms with Gasteiger partial charge in [0.15, 0.2) is 0 Å². The predicted octanol–water partition coefficient (Wildman–Crippen LogP) is 3.60. The molecule has 1 aromatic rings. The number of hydrogen-bond acceptors (Lipinski definition) is 2. The van der Waals surface area contributed by atoms with Crippen molar-refractivity contribution in [3.05, 3.63) is 34.6 Å². The summed E-state index contributed by atoms with van der Waals surface area (Å²) >= 11 is 5.75. The molecule has 0 radical (unpaired) electrons. The Morgan fingerprint density at radius 3 is 2.79 bits per heavy atom. The minimum Gasteiger partial charge on any atom is -0.329 e. The van der Waals surface area contributed by atoms with Crippen LogP contribution in [0.1, 0.15) is 38.3 Å². The Bertz CT molecular complexity index is 438. The Labute approximate surface area is 119 Å². The lowest BCUT2D eigenvalue weighted by Crippen LogP contribution is -2.45. The third-order valence-corrected chi connectivity index (χ3v) is 4.42. The van der Waals surface area contributed by atoms with Gasteiger partial charge in [-0.15, -0.1) is 0 Å². The van der Waals surface area contributed by atoms with Crippen LogP contribution in [0.3, 0.4) is 0 Å². The van der Waals surface area contributed by atoms with E-state index in [1.807, 2.05) is 6.07 Å². The number of nitrogens with two attached hydrogens (primary N) is 1. The topological polar surface area (TPSA) is 29.3 Å². The van der Waals surface area contributed by atoms with Crippen LogP contribution >= 0.6 is 11.6 Å². The molecule has 1 fully saturated rings. The van der Waals surface area contributed by atoms with Gasteiger partial charge in [0.25, 0.3) is 0 Å². The Morgan fingerprint density at radius 1 is 1.42 bits per heavy atom. The summed E-state index contributed by atoms with van der Waals surface area (Å²) in [6.45, 7) is 6.00. The van der Waals surface area contributed by atoms with Gasteiger partial charge in [0, 0.05) is 25.2 Å². The Morgan fingerprint density at radius 2 is 2.16 bits per heavy atom. The Kier molecular flexibility index (Phi) is 4.82. The van der Waals surface area contributed by atoms with Crippen molar-refractivity contribution in [2.75, 3.05) is 13.1 Å². The van der Waals surface area contributed by atoms with E-state index in [9.17, 15) is 4.39 Å². The molecule has 3 unspecified atom stereocenters. The average Bonchev–Trinajstić information content (AvgIpc) is 2.38. The molecule has 0 bridgehead atoms. The van der Waals surface area contributed by atoms with Gasteiger partial charge in [-0.25, -0.2) is 4.39 Å². The van der Waals surface area contributed by atoms with Crippen LogP contribution in [0.5, 0.6) is 0 Å². The zero-order valence-electron chi connectivity index (χ0n) is 11.6. The first kappa shape index (κ1) is 14.8. The molecule has 1 saturated heterocycles. The second kappa shape index (κ2) is 6.21. The third-order valence-electron chi connectivity index (χ3n) is 4.12. The zero-order valence-corrected chi connectivity index (χ0v) is 12.3. The van der Waals surface area contributed by atoms with E-state index in [-0.39, 0.29) is 16.9 Å². The van der Waals surface area contributed by atoms with E-state index >= 15 is 0 Å². The molecule has 1 heterocycles. The van der Waals surface area contributed by atoms with Crippen LogP contribution in [0.2, 0.25) is 5.02 Å². The number of nitrogens with zero attached hydrogens (tertiary/aromatic N) is 1. The molecule has 2 rings (SSSR count). The number of likely N-dealkylation sites (tertiary alicyclic amines) is 1. The summed E-state index contributed by atoms with van der Waals surface area (Å²) < 4.78 is 13.6. The fourth-order valence-electron chi connectivity index (χ4n) is 2.94. The highest BCUT2D eigenvalue weighted by Gasteiger charge is 2.29. The van der Waals surface area contributed by atoms with Gasteiger partial charge in [-0.2, -0.15) is 0 Å². The smallest absolute Gasteiger partial charge is 0.142 e. The first-order valence-corrected chi connectivity index (χ1v) is 7.31. The van der Waals surface area contributed by atoms with Crippen LogP contribution in [-0.2, 0) is 0 Å². The molecule has 2 N–H and O–H groups in total. The lowest BCUT2D eigenvalue weighted by molar-refractivity contribution is 0.0797. The van der Waals surface area contributed by atoms with Gasteiger partial charge in [-0.05, 0) is 43.4 Å². The van der Waals surface area contributed by atoms with Gasteiger partial charge in [0.05, 0.1) is 5.02 Å². The van der Waals surface area contributed by atoms with Crippen molar-refractivity contribution < 1.29 is 4.39 Å². The molecule has 1 aliphatic rings. The second-order valence-corrected chi connectivity index (χ2v) is 6.06. The van der Waals surface area contributed by atoms with Crippen LogP contribution in [0, 0.1) is 11.7 Å². The molecular weight excluding hydrogens is 263 g/mol. The van der Waals surface area contributed by atoms with E-state index < -0.39 is 0 Å². The third kappa shape index (κ3) is 3.28. The van der Waals surface area contributed by atoms with Crippen molar-refractivity contribution in [2.45, 2.75) is 38.8 Å². The standard InChI is InChI=1S/C15H22ClFN2/c1-10-3-4-11(2)19(9-10)15(8-18)12-5-6-13(16)14(17)7-12/h5-7,10-11,15H,3-4,8-9,18H2,1-2H3. The van der Waals surface area contributed by atoms with Crippen LogP contribution < -0.4 is 5.73 Å². The zero-order chi connectivity index (χ0) is 14.0. The Hall–Kier alpha value is -0.640. The minimum absolute atomic E-state index is 0.0736. The van der Waals surface area contributed by atoms with Crippen molar-refractivity contribution in [1.82, 2.24) is 4.90 Å². The van der Waals surface area contributed by atoms with Crippen molar-refractivity contribution in [1.29, 1.82) is 0 Å². The number of halogens is 2. The molecule has 0 spiro atoms. The largest absolute Gasteiger partial charge is 0.329 e. The quantitative estimate of drug-likeness (QED) is 0.919. The normalized spacial score (nSPS) is 26.4. The van der Waals surface area contributed by atoms with E-state index in [1.54, 1.807) is 6.07 Å². The van der Waals surface area contributed by atoms with E-state index in [0.29, 0.717) is 18.5 Å². The molecule has 0 aliphatic carbocycles. The van der Waals surface area contributed by atoms with Gasteiger partial charge in [0.1, 0.15) is 5.82 Å². The molecule has 4 heteroatoms. The maximum atomic E-state index is 13.6. The maximum absolute atomic E-state index is 13.6. The van der Waals surface area contributed by atoms with Crippen LogP contribution in [0.4, 0.5) is 4.39 Å². The van der Waals surface area contributed by atoms with Gasteiger partial charge in [0.2, 0.25) is 0 Å². The highest BCUT2D eigenvalue weighted by atomic mass is 35.5. The van der Waals surface area contributed by atoms with Crippen molar-refractivity contribution in [2.24, 2.45) is 11.7 Å². The summed E-state index contributed by atoms with van der Waals surface area (Å²) in [5.74, 6) is 0.303. The molecule has 19 heavy (non-hydrogen) atoms. The van der Waals surface area contributed by atoms with Crippen LogP contribution in [0.15, 0.2) is 18.2 Å². The summed E-state index contributed by atoms with van der Waals surface area (Å²) in [6.07, 6.45) is 2.43. The highest BCUT2D eigenvalue weighted by Crippen LogP contribution is 2.31. The number of rotatable bonds is 3. The molecule has 1 aromatic carbocycles. The monoisotopic (exact) mass is 284 g/mol. The fraction of sp³-hybridized carbons (Fsp3) is 0.600. The van der Waals surface area contributed by atoms with Gasteiger partial charge < -0.3 is 5.73 Å². The Balaban J connectivity index is 2.25. The maximum Gasteiger partial charge on any atom is 0.142 e. The van der Waals surface area contributed by atoms with E-state index in [1.165, 1.54) is 18.9 Å². The lowest BCUT2D eigenvalue weighted by Gasteiger charge is -2.42. The first-order valence-electron chi connectivity index (χ1n) is 6.93. The minimum atomic E-state index is -0.365. The molecule has 0 aromatic heterocycles. The second-order valence-electron chi connectivity index (χ2n) is 5.65. The number of piperidine rings is 1. The van der Waals surface area contributed by atoms with E-state index in [4.69, 9.17) is 17.3 Å². The van der Waals surface area contributed by atoms with Gasteiger partial charge >= 0.3 is 0 Å². The van der Waals surface area contributed by atoms with Crippen LogP contribution in [-0.4, -0.2) is 24.0 Å². The average molecular weight is 285 g/mol. The first-order chi connectivity index (χ1) is 9.02. The summed E-state index contributed by atoms with van der Waals surface area (Å²) in [5.41, 5.74) is 6.86. The van der Waals surface area contributed by atoms with Crippen LogP contribution in [0.25, 0.3) is 0 Å². The molecule has 106 valence electrons. The number of hydrogen-bond donors (Lipinski definition) is 1. The molecule has 0 saturated carbocycles. The van der Waals surface area contributed by atoms with Crippen molar-refractivity contribution in [3.63, 3.8) is 0 Å². The molecule has 1 aliphatic heterocycles.